The topological polar surface area (TPSA) is 62.4 Å². The summed E-state index contributed by atoms with van der Waals surface area (Å²) in [6.07, 6.45) is 3.92. The lowest BCUT2D eigenvalue weighted by atomic mass is 9.80. The molecule has 1 saturated carbocycles. The van der Waals surface area contributed by atoms with Gasteiger partial charge in [0.1, 0.15) is 0 Å². The molecule has 0 radical (unpaired) electrons. The molecule has 4 rings (SSSR count). The molecule has 0 bridgehead atoms. The Kier molecular flexibility index (Phi) is 4.14. The van der Waals surface area contributed by atoms with E-state index >= 15 is 0 Å². The van der Waals surface area contributed by atoms with E-state index in [1.54, 1.807) is 0 Å². The van der Waals surface area contributed by atoms with Gasteiger partial charge in [-0.15, -0.1) is 0 Å². The molecule has 128 valence electrons. The summed E-state index contributed by atoms with van der Waals surface area (Å²) < 4.78 is 5.55. The fourth-order valence-corrected chi connectivity index (χ4v) is 4.63. The van der Waals surface area contributed by atoms with Crippen LogP contribution < -0.4 is 0 Å². The van der Waals surface area contributed by atoms with Crippen LogP contribution in [0, 0.1) is 12.8 Å². The van der Waals surface area contributed by atoms with E-state index in [0.29, 0.717) is 24.7 Å². The van der Waals surface area contributed by atoms with Crippen LogP contribution in [-0.4, -0.2) is 45.9 Å². The number of likely N-dealkylation sites (tertiary alicyclic amines) is 1. The summed E-state index contributed by atoms with van der Waals surface area (Å²) in [5, 5.41) is 14.5. The first-order chi connectivity index (χ1) is 11.7. The Balaban J connectivity index is 1.43. The SMILES string of the molecule is Cc1noc([C@]23CCC[C@H]2CN(C[C@H](O)Cc2ccccc2)C3)n1. The summed E-state index contributed by atoms with van der Waals surface area (Å²) >= 11 is 0. The van der Waals surface area contributed by atoms with Gasteiger partial charge in [-0.3, -0.25) is 4.90 Å². The minimum atomic E-state index is -0.340. The largest absolute Gasteiger partial charge is 0.391 e. The zero-order valence-electron chi connectivity index (χ0n) is 14.2. The number of hydrogen-bond donors (Lipinski definition) is 1. The highest BCUT2D eigenvalue weighted by molar-refractivity contribution is 5.18. The van der Waals surface area contributed by atoms with Crippen molar-refractivity contribution in [1.29, 1.82) is 0 Å². The number of β-amino-alcohol motifs (C(OH)–C–C–N with tert-alkyl or cyclic N) is 1. The average Bonchev–Trinajstić information content (AvgIpc) is 3.22. The third-order valence-electron chi connectivity index (χ3n) is 5.68. The average molecular weight is 327 g/mol. The van der Waals surface area contributed by atoms with Gasteiger partial charge in [-0.1, -0.05) is 41.9 Å². The van der Waals surface area contributed by atoms with Gasteiger partial charge >= 0.3 is 0 Å². The molecule has 1 aliphatic heterocycles. The highest BCUT2D eigenvalue weighted by atomic mass is 16.5. The molecule has 1 N–H and O–H groups in total. The van der Waals surface area contributed by atoms with E-state index < -0.39 is 0 Å². The van der Waals surface area contributed by atoms with E-state index in [1.165, 1.54) is 18.4 Å². The van der Waals surface area contributed by atoms with Crippen LogP contribution in [0.3, 0.4) is 0 Å². The zero-order valence-corrected chi connectivity index (χ0v) is 14.2. The van der Waals surface area contributed by atoms with Crippen LogP contribution in [0.2, 0.25) is 0 Å². The number of aromatic nitrogens is 2. The number of aliphatic hydroxyl groups is 1. The first-order valence-corrected chi connectivity index (χ1v) is 8.91. The van der Waals surface area contributed by atoms with Crippen LogP contribution in [0.4, 0.5) is 0 Å². The lowest BCUT2D eigenvalue weighted by Crippen LogP contribution is -2.36. The molecule has 2 aromatic rings. The van der Waals surface area contributed by atoms with Gasteiger partial charge in [-0.2, -0.15) is 4.98 Å². The highest BCUT2D eigenvalue weighted by Crippen LogP contribution is 2.49. The molecular formula is C19H25N3O2. The minimum Gasteiger partial charge on any atom is -0.391 e. The molecule has 2 aliphatic rings. The third kappa shape index (κ3) is 2.87. The van der Waals surface area contributed by atoms with Crippen molar-refractivity contribution >= 4 is 0 Å². The summed E-state index contributed by atoms with van der Waals surface area (Å²) in [6.45, 7) is 4.53. The molecule has 1 saturated heterocycles. The maximum Gasteiger partial charge on any atom is 0.234 e. The summed E-state index contributed by atoms with van der Waals surface area (Å²) in [5.41, 5.74) is 1.19. The summed E-state index contributed by atoms with van der Waals surface area (Å²) in [6, 6.07) is 10.2. The second-order valence-electron chi connectivity index (χ2n) is 7.43. The Labute approximate surface area is 142 Å². The number of rotatable bonds is 5. The molecule has 1 aliphatic carbocycles. The second-order valence-corrected chi connectivity index (χ2v) is 7.43. The van der Waals surface area contributed by atoms with Gasteiger partial charge in [-0.25, -0.2) is 0 Å². The Hall–Kier alpha value is -1.72. The van der Waals surface area contributed by atoms with E-state index in [1.807, 2.05) is 25.1 Å². The van der Waals surface area contributed by atoms with E-state index in [9.17, 15) is 5.11 Å². The van der Waals surface area contributed by atoms with Crippen LogP contribution in [-0.2, 0) is 11.8 Å². The summed E-state index contributed by atoms with van der Waals surface area (Å²) in [7, 11) is 0. The number of fused-ring (bicyclic) bond motifs is 1. The highest BCUT2D eigenvalue weighted by Gasteiger charge is 2.54. The monoisotopic (exact) mass is 327 g/mol. The van der Waals surface area contributed by atoms with Gasteiger partial charge in [0, 0.05) is 19.6 Å². The lowest BCUT2D eigenvalue weighted by molar-refractivity contribution is 0.118. The van der Waals surface area contributed by atoms with Crippen LogP contribution in [0.1, 0.15) is 36.5 Å². The molecule has 0 spiro atoms. The maximum atomic E-state index is 10.5. The van der Waals surface area contributed by atoms with Gasteiger partial charge in [-0.05, 0) is 37.7 Å². The first-order valence-electron chi connectivity index (χ1n) is 8.91. The maximum absolute atomic E-state index is 10.5. The van der Waals surface area contributed by atoms with Gasteiger partial charge < -0.3 is 9.63 Å². The van der Waals surface area contributed by atoms with Crippen molar-refractivity contribution < 1.29 is 9.63 Å². The normalized spacial score (nSPS) is 28.2. The number of benzene rings is 1. The first kappa shape index (κ1) is 15.8. The number of nitrogens with zero attached hydrogens (tertiary/aromatic N) is 3. The van der Waals surface area contributed by atoms with Crippen LogP contribution in [0.25, 0.3) is 0 Å². The fraction of sp³-hybridized carbons (Fsp3) is 0.579. The fourth-order valence-electron chi connectivity index (χ4n) is 4.63. The molecular weight excluding hydrogens is 302 g/mol. The molecule has 0 amide bonds. The molecule has 0 unspecified atom stereocenters. The Bertz CT molecular complexity index is 687. The molecule has 2 heterocycles. The van der Waals surface area contributed by atoms with E-state index in [4.69, 9.17) is 4.52 Å². The van der Waals surface area contributed by atoms with Crippen molar-refractivity contribution in [3.63, 3.8) is 0 Å². The molecule has 5 heteroatoms. The quantitative estimate of drug-likeness (QED) is 0.913. The summed E-state index contributed by atoms with van der Waals surface area (Å²) in [5.74, 6) is 2.09. The number of aliphatic hydroxyl groups excluding tert-OH is 1. The van der Waals surface area contributed by atoms with Crippen LogP contribution in [0.5, 0.6) is 0 Å². The van der Waals surface area contributed by atoms with Gasteiger partial charge in [0.2, 0.25) is 5.89 Å². The van der Waals surface area contributed by atoms with Crippen molar-refractivity contribution in [2.75, 3.05) is 19.6 Å². The smallest absolute Gasteiger partial charge is 0.234 e. The standard InChI is InChI=1S/C19H25N3O2/c1-14-20-18(24-21-14)19-9-5-8-16(19)11-22(13-19)12-17(23)10-15-6-3-2-4-7-15/h2-4,6-7,16-17,23H,5,8-13H2,1H3/t16-,17+,19-/m0/s1. The van der Waals surface area contributed by atoms with E-state index in [2.05, 4.69) is 27.2 Å². The molecule has 1 aromatic carbocycles. The Morgan fingerprint density at radius 2 is 2.21 bits per heavy atom. The molecule has 2 fully saturated rings. The van der Waals surface area contributed by atoms with Gasteiger partial charge in [0.15, 0.2) is 5.82 Å². The zero-order chi connectivity index (χ0) is 16.6. The number of hydrogen-bond acceptors (Lipinski definition) is 5. The predicted octanol–water partition coefficient (Wildman–Crippen LogP) is 2.34. The molecule has 24 heavy (non-hydrogen) atoms. The minimum absolute atomic E-state index is 0.00767. The number of aryl methyl sites for hydroxylation is 1. The van der Waals surface area contributed by atoms with Crippen LogP contribution in [0.15, 0.2) is 34.9 Å². The predicted molar refractivity (Wildman–Crippen MR) is 90.6 cm³/mol. The van der Waals surface area contributed by atoms with Gasteiger partial charge in [0.05, 0.1) is 11.5 Å². The van der Waals surface area contributed by atoms with Crippen LogP contribution >= 0.6 is 0 Å². The lowest BCUT2D eigenvalue weighted by Gasteiger charge is -2.25. The molecule has 1 aromatic heterocycles. The molecule has 5 nitrogen and oxygen atoms in total. The molecule has 3 atom stereocenters. The van der Waals surface area contributed by atoms with E-state index in [0.717, 1.165) is 25.4 Å². The summed E-state index contributed by atoms with van der Waals surface area (Å²) in [4.78, 5) is 6.93. The van der Waals surface area contributed by atoms with Crippen molar-refractivity contribution in [3.05, 3.63) is 47.6 Å². The van der Waals surface area contributed by atoms with Crippen molar-refractivity contribution in [1.82, 2.24) is 15.0 Å². The Morgan fingerprint density at radius 3 is 2.96 bits per heavy atom. The van der Waals surface area contributed by atoms with Crippen molar-refractivity contribution in [2.45, 2.75) is 44.1 Å². The van der Waals surface area contributed by atoms with Gasteiger partial charge in [0.25, 0.3) is 0 Å². The van der Waals surface area contributed by atoms with E-state index in [-0.39, 0.29) is 11.5 Å². The van der Waals surface area contributed by atoms with Crippen molar-refractivity contribution in [3.8, 4) is 0 Å². The van der Waals surface area contributed by atoms with Crippen molar-refractivity contribution in [2.24, 2.45) is 5.92 Å². The second kappa shape index (κ2) is 6.30. The third-order valence-corrected chi connectivity index (χ3v) is 5.68. The Morgan fingerprint density at radius 1 is 1.38 bits per heavy atom.